The molecule has 6 nitrogen and oxygen atoms in total. The van der Waals surface area contributed by atoms with E-state index in [0.29, 0.717) is 23.2 Å². The van der Waals surface area contributed by atoms with Gasteiger partial charge in [-0.1, -0.05) is 35.3 Å². The number of rotatable bonds is 7. The van der Waals surface area contributed by atoms with Crippen molar-refractivity contribution in [1.82, 2.24) is 15.5 Å². The van der Waals surface area contributed by atoms with Crippen LogP contribution in [0.5, 0.6) is 0 Å². The number of nitrogens with zero attached hydrogens (tertiary/aromatic N) is 1. The van der Waals surface area contributed by atoms with E-state index in [4.69, 9.17) is 28.9 Å². The molecule has 0 unspecified atom stereocenters. The number of anilines is 1. The molecule has 160 valence electrons. The summed E-state index contributed by atoms with van der Waals surface area (Å²) in [7, 11) is 0. The van der Waals surface area contributed by atoms with Gasteiger partial charge in [0.2, 0.25) is 5.91 Å². The van der Waals surface area contributed by atoms with Crippen molar-refractivity contribution >= 4 is 40.7 Å². The minimum Gasteiger partial charge on any atom is -0.398 e. The Balaban J connectivity index is 1.35. The molecule has 0 radical (unpaired) electrons. The number of piperidine rings is 1. The van der Waals surface area contributed by atoms with Crippen LogP contribution in [0.2, 0.25) is 10.0 Å². The summed E-state index contributed by atoms with van der Waals surface area (Å²) >= 11 is 11.8. The third-order valence-corrected chi connectivity index (χ3v) is 5.77. The van der Waals surface area contributed by atoms with Crippen molar-refractivity contribution in [3.05, 3.63) is 63.6 Å². The number of nitrogens with two attached hydrogens (primary N) is 1. The van der Waals surface area contributed by atoms with Crippen molar-refractivity contribution in [1.29, 1.82) is 0 Å². The van der Waals surface area contributed by atoms with E-state index in [9.17, 15) is 9.59 Å². The predicted octanol–water partition coefficient (Wildman–Crippen LogP) is 3.33. The number of hydrogen-bond donors (Lipinski definition) is 3. The molecule has 0 aliphatic carbocycles. The van der Waals surface area contributed by atoms with Gasteiger partial charge in [-0.2, -0.15) is 0 Å². The average Bonchev–Trinajstić information content (AvgIpc) is 2.75. The van der Waals surface area contributed by atoms with E-state index < -0.39 is 5.91 Å². The lowest BCUT2D eigenvalue weighted by atomic mass is 9.96. The zero-order valence-corrected chi connectivity index (χ0v) is 18.2. The quantitative estimate of drug-likeness (QED) is 0.566. The second kappa shape index (κ2) is 10.7. The molecule has 2 aromatic rings. The Hall–Kier alpha value is -2.28. The molecular formula is C22H26Cl2N4O2. The maximum Gasteiger partial charge on any atom is 0.253 e. The smallest absolute Gasteiger partial charge is 0.253 e. The van der Waals surface area contributed by atoms with Gasteiger partial charge in [0.05, 0.1) is 12.1 Å². The van der Waals surface area contributed by atoms with Gasteiger partial charge in [-0.05, 0) is 67.7 Å². The van der Waals surface area contributed by atoms with Crippen molar-refractivity contribution in [2.24, 2.45) is 5.92 Å². The van der Waals surface area contributed by atoms with Crippen molar-refractivity contribution in [2.75, 3.05) is 31.9 Å². The fourth-order valence-corrected chi connectivity index (χ4v) is 3.80. The first-order valence-corrected chi connectivity index (χ1v) is 10.7. The maximum atomic E-state index is 12.2. The molecule has 0 aromatic heterocycles. The average molecular weight is 449 g/mol. The molecule has 1 aliphatic heterocycles. The molecule has 8 heteroatoms. The second-order valence-corrected chi connectivity index (χ2v) is 8.44. The molecule has 1 heterocycles. The summed E-state index contributed by atoms with van der Waals surface area (Å²) in [6.45, 7) is 3.42. The molecular weight excluding hydrogens is 423 g/mol. The number of likely N-dealkylation sites (tertiary alicyclic amines) is 1. The Labute approximate surface area is 186 Å². The molecule has 2 amide bonds. The number of nitrogen functional groups attached to an aromatic ring is 1. The van der Waals surface area contributed by atoms with Gasteiger partial charge in [0.1, 0.15) is 0 Å². The van der Waals surface area contributed by atoms with Crippen LogP contribution in [0.4, 0.5) is 5.69 Å². The van der Waals surface area contributed by atoms with E-state index in [-0.39, 0.29) is 18.0 Å². The van der Waals surface area contributed by atoms with Crippen LogP contribution in [-0.4, -0.2) is 42.9 Å². The first-order valence-electron chi connectivity index (χ1n) is 9.97. The number of halogens is 2. The molecule has 4 N–H and O–H groups in total. The zero-order valence-electron chi connectivity index (χ0n) is 16.7. The summed E-state index contributed by atoms with van der Waals surface area (Å²) in [6.07, 6.45) is 2.05. The van der Waals surface area contributed by atoms with Crippen LogP contribution in [-0.2, 0) is 11.3 Å². The van der Waals surface area contributed by atoms with Gasteiger partial charge in [0.15, 0.2) is 0 Å². The molecule has 1 aliphatic rings. The second-order valence-electron chi connectivity index (χ2n) is 7.56. The third-order valence-electron chi connectivity index (χ3n) is 5.28. The highest BCUT2D eigenvalue weighted by Crippen LogP contribution is 2.20. The van der Waals surface area contributed by atoms with E-state index in [2.05, 4.69) is 27.7 Å². The topological polar surface area (TPSA) is 87.5 Å². The van der Waals surface area contributed by atoms with Gasteiger partial charge >= 0.3 is 0 Å². The van der Waals surface area contributed by atoms with Crippen LogP contribution < -0.4 is 16.4 Å². The van der Waals surface area contributed by atoms with Gasteiger partial charge in [-0.3, -0.25) is 14.5 Å². The van der Waals surface area contributed by atoms with Crippen molar-refractivity contribution in [2.45, 2.75) is 19.4 Å². The van der Waals surface area contributed by atoms with Gasteiger partial charge in [-0.25, -0.2) is 0 Å². The fraction of sp³-hybridized carbons (Fsp3) is 0.364. The molecule has 30 heavy (non-hydrogen) atoms. The summed E-state index contributed by atoms with van der Waals surface area (Å²) < 4.78 is 0. The van der Waals surface area contributed by atoms with E-state index in [1.807, 2.05) is 12.1 Å². The summed E-state index contributed by atoms with van der Waals surface area (Å²) in [5.41, 5.74) is 7.63. The lowest BCUT2D eigenvalue weighted by Gasteiger charge is -2.32. The van der Waals surface area contributed by atoms with Crippen LogP contribution in [0.3, 0.4) is 0 Å². The van der Waals surface area contributed by atoms with Gasteiger partial charge in [0, 0.05) is 28.8 Å². The Morgan fingerprint density at radius 3 is 2.37 bits per heavy atom. The van der Waals surface area contributed by atoms with Crippen LogP contribution in [0.1, 0.15) is 28.8 Å². The number of carbonyl (C=O) groups excluding carboxylic acids is 2. The van der Waals surface area contributed by atoms with E-state index in [1.54, 1.807) is 12.1 Å². The predicted molar refractivity (Wildman–Crippen MR) is 121 cm³/mol. The van der Waals surface area contributed by atoms with E-state index in [0.717, 1.165) is 37.5 Å². The van der Waals surface area contributed by atoms with Gasteiger partial charge < -0.3 is 16.4 Å². The fourth-order valence-electron chi connectivity index (χ4n) is 3.50. The molecule has 3 rings (SSSR count). The first kappa shape index (κ1) is 22.4. The maximum absolute atomic E-state index is 12.2. The van der Waals surface area contributed by atoms with Crippen LogP contribution >= 0.6 is 23.2 Å². The summed E-state index contributed by atoms with van der Waals surface area (Å²) in [5, 5.41) is 6.67. The summed E-state index contributed by atoms with van der Waals surface area (Å²) in [5.74, 6) is -0.192. The number of benzene rings is 2. The van der Waals surface area contributed by atoms with Crippen molar-refractivity contribution in [3.63, 3.8) is 0 Å². The lowest BCUT2D eigenvalue weighted by Crippen LogP contribution is -2.41. The van der Waals surface area contributed by atoms with E-state index in [1.165, 1.54) is 11.6 Å². The summed E-state index contributed by atoms with van der Waals surface area (Å²) in [4.78, 5) is 26.7. The first-order chi connectivity index (χ1) is 14.4. The molecule has 0 spiro atoms. The van der Waals surface area contributed by atoms with Crippen molar-refractivity contribution < 1.29 is 9.59 Å². The molecule has 0 saturated carbocycles. The van der Waals surface area contributed by atoms with Gasteiger partial charge in [0.25, 0.3) is 5.91 Å². The molecule has 1 saturated heterocycles. The van der Waals surface area contributed by atoms with E-state index >= 15 is 0 Å². The largest absolute Gasteiger partial charge is 0.398 e. The SMILES string of the molecule is Nc1ccc(Cl)cc1C(=O)NCC(=O)NCC1CCN(Cc2ccc(Cl)cc2)CC1. The Morgan fingerprint density at radius 1 is 1.00 bits per heavy atom. The number of amides is 2. The Kier molecular flexibility index (Phi) is 7.96. The highest BCUT2D eigenvalue weighted by molar-refractivity contribution is 6.31. The lowest BCUT2D eigenvalue weighted by molar-refractivity contribution is -0.120. The van der Waals surface area contributed by atoms with Gasteiger partial charge in [-0.15, -0.1) is 0 Å². The number of carbonyl (C=O) groups is 2. The minimum absolute atomic E-state index is 0.0970. The minimum atomic E-state index is -0.416. The van der Waals surface area contributed by atoms with Crippen molar-refractivity contribution in [3.8, 4) is 0 Å². The van der Waals surface area contributed by atoms with Crippen LogP contribution in [0.25, 0.3) is 0 Å². The Bertz CT molecular complexity index is 881. The molecule has 2 aromatic carbocycles. The monoisotopic (exact) mass is 448 g/mol. The molecule has 0 atom stereocenters. The highest BCUT2D eigenvalue weighted by Gasteiger charge is 2.20. The van der Waals surface area contributed by atoms with Crippen LogP contribution in [0, 0.1) is 5.92 Å². The van der Waals surface area contributed by atoms with Crippen LogP contribution in [0.15, 0.2) is 42.5 Å². The third kappa shape index (κ3) is 6.62. The normalized spacial score (nSPS) is 15.0. The number of nitrogens with one attached hydrogen (secondary N) is 2. The highest BCUT2D eigenvalue weighted by atomic mass is 35.5. The standard InChI is InChI=1S/C22H26Cl2N4O2/c23-17-3-1-16(2-4-17)14-28-9-7-15(8-10-28)12-26-21(29)13-27-22(30)19-11-18(24)5-6-20(19)25/h1-6,11,15H,7-10,12-14,25H2,(H,26,29)(H,27,30). The Morgan fingerprint density at radius 2 is 1.67 bits per heavy atom. The summed E-state index contributed by atoms with van der Waals surface area (Å²) in [6, 6.07) is 12.6. The zero-order chi connectivity index (χ0) is 21.5. The number of hydrogen-bond acceptors (Lipinski definition) is 4. The molecule has 1 fully saturated rings. The molecule has 0 bridgehead atoms.